The van der Waals surface area contributed by atoms with E-state index in [0.29, 0.717) is 12.3 Å². The molecule has 1 amide bonds. The van der Waals surface area contributed by atoms with E-state index in [1.54, 1.807) is 0 Å². The Morgan fingerprint density at radius 2 is 1.94 bits per heavy atom. The zero-order valence-corrected chi connectivity index (χ0v) is 12.4. The molecule has 1 aliphatic heterocycles. The normalized spacial score (nSPS) is 21.2. The first-order valence-corrected chi connectivity index (χ1v) is 6.85. The van der Waals surface area contributed by atoms with Crippen LogP contribution in [0.25, 0.3) is 0 Å². The Bertz CT molecular complexity index is 346. The Morgan fingerprint density at radius 1 is 1.33 bits per heavy atom. The van der Waals surface area contributed by atoms with Gasteiger partial charge in [0.15, 0.2) is 0 Å². The van der Waals surface area contributed by atoms with Gasteiger partial charge in [0, 0.05) is 19.5 Å². The third-order valence-electron chi connectivity index (χ3n) is 3.97. The van der Waals surface area contributed by atoms with E-state index in [1.165, 1.54) is 0 Å². The summed E-state index contributed by atoms with van der Waals surface area (Å²) in [7, 11) is 0. The maximum Gasteiger partial charge on any atom is 0.222 e. The summed E-state index contributed by atoms with van der Waals surface area (Å²) < 4.78 is 0. The number of hydrogen-bond donors (Lipinski definition) is 0. The largest absolute Gasteiger partial charge is 0.342 e. The molecule has 0 bridgehead atoms. The van der Waals surface area contributed by atoms with Crippen molar-refractivity contribution in [2.24, 2.45) is 16.7 Å². The van der Waals surface area contributed by atoms with E-state index < -0.39 is 0 Å². The van der Waals surface area contributed by atoms with Gasteiger partial charge >= 0.3 is 0 Å². The number of carbonyl (C=O) groups is 1. The fourth-order valence-electron chi connectivity index (χ4n) is 2.34. The van der Waals surface area contributed by atoms with Gasteiger partial charge in [0.2, 0.25) is 5.91 Å². The number of nitrogens with zero attached hydrogens (tertiary/aromatic N) is 2. The lowest BCUT2D eigenvalue weighted by Gasteiger charge is -2.26. The topological polar surface area (TPSA) is 44.1 Å². The third kappa shape index (κ3) is 4.01. The monoisotopic (exact) mass is 250 g/mol. The smallest absolute Gasteiger partial charge is 0.222 e. The summed E-state index contributed by atoms with van der Waals surface area (Å²) in [5.74, 6) is 0.749. The van der Waals surface area contributed by atoms with Gasteiger partial charge in [-0.15, -0.1) is 0 Å². The molecule has 3 nitrogen and oxygen atoms in total. The van der Waals surface area contributed by atoms with Crippen molar-refractivity contribution in [1.29, 1.82) is 5.26 Å². The van der Waals surface area contributed by atoms with Crippen LogP contribution >= 0.6 is 0 Å². The number of likely N-dealkylation sites (tertiary alicyclic amines) is 1. The van der Waals surface area contributed by atoms with Gasteiger partial charge in [0.25, 0.3) is 0 Å². The van der Waals surface area contributed by atoms with E-state index in [0.717, 1.165) is 25.9 Å². The molecule has 0 aromatic rings. The van der Waals surface area contributed by atoms with Gasteiger partial charge in [-0.05, 0) is 38.0 Å². The summed E-state index contributed by atoms with van der Waals surface area (Å²) in [5, 5.41) is 8.96. The second-order valence-corrected chi connectivity index (χ2v) is 7.21. The first-order chi connectivity index (χ1) is 8.15. The molecule has 18 heavy (non-hydrogen) atoms. The zero-order chi connectivity index (χ0) is 14.0. The fourth-order valence-corrected chi connectivity index (χ4v) is 2.34. The predicted octanol–water partition coefficient (Wildman–Crippen LogP) is 3.21. The Balaban J connectivity index is 2.42. The van der Waals surface area contributed by atoms with Gasteiger partial charge < -0.3 is 4.90 Å². The maximum absolute atomic E-state index is 11.9. The summed E-state index contributed by atoms with van der Waals surface area (Å²) >= 11 is 0. The molecule has 0 aromatic heterocycles. The molecule has 1 unspecified atom stereocenters. The van der Waals surface area contributed by atoms with Crippen molar-refractivity contribution in [2.45, 2.75) is 53.9 Å². The molecule has 0 aliphatic carbocycles. The molecule has 1 heterocycles. The molecule has 1 saturated heterocycles. The molecular weight excluding hydrogens is 224 g/mol. The average molecular weight is 250 g/mol. The summed E-state index contributed by atoms with van der Waals surface area (Å²) in [5.41, 5.74) is -0.0669. The molecule has 1 fully saturated rings. The molecule has 0 aromatic carbocycles. The second kappa shape index (κ2) is 5.30. The van der Waals surface area contributed by atoms with E-state index in [2.05, 4.69) is 26.8 Å². The quantitative estimate of drug-likeness (QED) is 0.769. The van der Waals surface area contributed by atoms with Gasteiger partial charge in [-0.2, -0.15) is 5.26 Å². The van der Waals surface area contributed by atoms with Crippen LogP contribution in [0.3, 0.4) is 0 Å². The van der Waals surface area contributed by atoms with Crippen LogP contribution < -0.4 is 0 Å². The Labute approximate surface area is 111 Å². The van der Waals surface area contributed by atoms with Crippen LogP contribution in [0.15, 0.2) is 0 Å². The van der Waals surface area contributed by atoms with Crippen molar-refractivity contribution in [3.8, 4) is 6.07 Å². The van der Waals surface area contributed by atoms with Gasteiger partial charge in [0.1, 0.15) is 0 Å². The van der Waals surface area contributed by atoms with Crippen LogP contribution in [0.4, 0.5) is 0 Å². The Kier molecular flexibility index (Phi) is 4.42. The van der Waals surface area contributed by atoms with E-state index in [4.69, 9.17) is 5.26 Å². The number of nitriles is 1. The minimum atomic E-state index is -0.272. The third-order valence-corrected chi connectivity index (χ3v) is 3.97. The van der Waals surface area contributed by atoms with Crippen LogP contribution in [0.5, 0.6) is 0 Å². The molecular formula is C15H26N2O. The molecule has 3 heteroatoms. The van der Waals surface area contributed by atoms with Crippen LogP contribution in [0, 0.1) is 28.1 Å². The van der Waals surface area contributed by atoms with E-state index >= 15 is 0 Å². The minimum absolute atomic E-state index is 0.205. The van der Waals surface area contributed by atoms with Crippen molar-refractivity contribution in [1.82, 2.24) is 4.90 Å². The van der Waals surface area contributed by atoms with Crippen molar-refractivity contribution < 1.29 is 4.79 Å². The van der Waals surface area contributed by atoms with E-state index in [9.17, 15) is 4.79 Å². The number of rotatable bonds is 4. The highest BCUT2D eigenvalue weighted by Crippen LogP contribution is 2.34. The van der Waals surface area contributed by atoms with Crippen LogP contribution in [0.1, 0.15) is 53.9 Å². The molecule has 1 atom stereocenters. The Morgan fingerprint density at radius 3 is 2.39 bits per heavy atom. The van der Waals surface area contributed by atoms with Crippen molar-refractivity contribution in [3.63, 3.8) is 0 Å². The number of hydrogen-bond acceptors (Lipinski definition) is 2. The van der Waals surface area contributed by atoms with Gasteiger partial charge in [0.05, 0.1) is 11.5 Å². The zero-order valence-electron chi connectivity index (χ0n) is 12.4. The molecule has 1 rings (SSSR count). The molecule has 102 valence electrons. The lowest BCUT2D eigenvalue weighted by Crippen LogP contribution is -2.29. The lowest BCUT2D eigenvalue weighted by atomic mass is 9.80. The molecule has 1 aliphatic rings. The van der Waals surface area contributed by atoms with Crippen LogP contribution in [-0.2, 0) is 4.79 Å². The first-order valence-electron chi connectivity index (χ1n) is 6.85. The van der Waals surface area contributed by atoms with Crippen LogP contribution in [0.2, 0.25) is 0 Å². The van der Waals surface area contributed by atoms with Gasteiger partial charge in [-0.25, -0.2) is 0 Å². The second-order valence-electron chi connectivity index (χ2n) is 7.21. The van der Waals surface area contributed by atoms with Crippen LogP contribution in [-0.4, -0.2) is 23.9 Å². The van der Waals surface area contributed by atoms with Crippen molar-refractivity contribution in [3.05, 3.63) is 0 Å². The summed E-state index contributed by atoms with van der Waals surface area (Å²) in [6.07, 6.45) is 2.46. The highest BCUT2D eigenvalue weighted by Gasteiger charge is 2.36. The number of amides is 1. The minimum Gasteiger partial charge on any atom is -0.342 e. The first kappa shape index (κ1) is 15.0. The average Bonchev–Trinajstić information content (AvgIpc) is 2.60. The van der Waals surface area contributed by atoms with Crippen molar-refractivity contribution in [2.75, 3.05) is 13.1 Å². The Hall–Kier alpha value is -1.04. The molecule has 0 spiro atoms. The standard InChI is InChI=1S/C15H26N2O/c1-14(2,3)12-9-13(18)17(10-12)8-6-7-15(4,5)11-16/h12H,6-10H2,1-5H3. The molecule has 0 saturated carbocycles. The molecule has 0 radical (unpaired) electrons. The van der Waals surface area contributed by atoms with Crippen molar-refractivity contribution >= 4 is 5.91 Å². The number of carbonyl (C=O) groups excluding carboxylic acids is 1. The van der Waals surface area contributed by atoms with E-state index in [-0.39, 0.29) is 16.7 Å². The SMILES string of the molecule is CC(C)(C#N)CCCN1CC(C(C)(C)C)CC1=O. The fraction of sp³-hybridized carbons (Fsp3) is 0.867. The predicted molar refractivity (Wildman–Crippen MR) is 72.8 cm³/mol. The highest BCUT2D eigenvalue weighted by molar-refractivity contribution is 5.78. The lowest BCUT2D eigenvalue weighted by molar-refractivity contribution is -0.127. The van der Waals surface area contributed by atoms with E-state index in [1.807, 2.05) is 18.7 Å². The highest BCUT2D eigenvalue weighted by atomic mass is 16.2. The summed E-state index contributed by atoms with van der Waals surface area (Å²) in [6.45, 7) is 12.2. The maximum atomic E-state index is 11.9. The summed E-state index contributed by atoms with van der Waals surface area (Å²) in [4.78, 5) is 13.9. The van der Waals surface area contributed by atoms with Gasteiger partial charge in [-0.3, -0.25) is 4.79 Å². The van der Waals surface area contributed by atoms with Gasteiger partial charge in [-0.1, -0.05) is 20.8 Å². The summed E-state index contributed by atoms with van der Waals surface area (Å²) in [6, 6.07) is 2.31. The molecule has 0 N–H and O–H groups in total.